The van der Waals surface area contributed by atoms with Gasteiger partial charge in [-0.2, -0.15) is 0 Å². The molecular formula is C12H14O2. The van der Waals surface area contributed by atoms with Gasteiger partial charge in [0.2, 0.25) is 0 Å². The summed E-state index contributed by atoms with van der Waals surface area (Å²) in [5, 5.41) is 0. The highest BCUT2D eigenvalue weighted by molar-refractivity contribution is 5.59. The van der Waals surface area contributed by atoms with Gasteiger partial charge in [-0.05, 0) is 17.0 Å². The first-order valence-electron chi connectivity index (χ1n) is 4.85. The summed E-state index contributed by atoms with van der Waals surface area (Å²) in [5.74, 6) is 0.848. The molecule has 0 bridgehead atoms. The zero-order valence-corrected chi connectivity index (χ0v) is 8.49. The minimum Gasteiger partial charge on any atom is -0.483 e. The number of carbonyl (C=O) groups excluding carboxylic acids is 1. The van der Waals surface area contributed by atoms with E-state index in [0.717, 1.165) is 18.5 Å². The molecule has 14 heavy (non-hydrogen) atoms. The van der Waals surface area contributed by atoms with Crippen molar-refractivity contribution in [1.29, 1.82) is 0 Å². The van der Waals surface area contributed by atoms with Gasteiger partial charge in [-0.15, -0.1) is 0 Å². The number of rotatable bonds is 1. The minimum atomic E-state index is -0.292. The van der Waals surface area contributed by atoms with E-state index in [-0.39, 0.29) is 11.5 Å². The van der Waals surface area contributed by atoms with E-state index in [2.05, 4.69) is 19.9 Å². The maximum Gasteiger partial charge on any atom is 0.160 e. The number of hydrogen-bond acceptors (Lipinski definition) is 2. The quantitative estimate of drug-likeness (QED) is 0.635. The summed E-state index contributed by atoms with van der Waals surface area (Å²) in [5.41, 5.74) is 1.22. The monoisotopic (exact) mass is 190 g/mol. The van der Waals surface area contributed by atoms with Crippen molar-refractivity contribution < 1.29 is 9.53 Å². The van der Waals surface area contributed by atoms with E-state index in [0.29, 0.717) is 0 Å². The molecule has 2 heteroatoms. The third-order valence-corrected chi connectivity index (χ3v) is 2.76. The summed E-state index contributed by atoms with van der Waals surface area (Å²) in [6.07, 6.45) is 1.35. The number of benzene rings is 1. The van der Waals surface area contributed by atoms with Crippen LogP contribution in [0.1, 0.15) is 25.8 Å². The normalized spacial score (nSPS) is 23.4. The molecule has 0 amide bonds. The largest absolute Gasteiger partial charge is 0.483 e. The molecule has 1 aliphatic heterocycles. The molecule has 0 aromatic heterocycles. The molecule has 2 nitrogen and oxygen atoms in total. The molecule has 0 saturated heterocycles. The Kier molecular flexibility index (Phi) is 2.06. The van der Waals surface area contributed by atoms with Crippen molar-refractivity contribution in [2.75, 3.05) is 0 Å². The SMILES string of the molecule is CC1(C)CC(C=O)Oc2ccccc21. The van der Waals surface area contributed by atoms with Gasteiger partial charge < -0.3 is 4.74 Å². The van der Waals surface area contributed by atoms with Crippen LogP contribution in [0.25, 0.3) is 0 Å². The van der Waals surface area contributed by atoms with E-state index >= 15 is 0 Å². The third-order valence-electron chi connectivity index (χ3n) is 2.76. The summed E-state index contributed by atoms with van der Waals surface area (Å²) < 4.78 is 5.55. The van der Waals surface area contributed by atoms with Gasteiger partial charge in [-0.1, -0.05) is 32.0 Å². The van der Waals surface area contributed by atoms with Crippen LogP contribution < -0.4 is 4.74 Å². The number of carbonyl (C=O) groups is 1. The molecule has 0 saturated carbocycles. The van der Waals surface area contributed by atoms with Gasteiger partial charge in [-0.3, -0.25) is 4.79 Å². The number of fused-ring (bicyclic) bond motifs is 1. The van der Waals surface area contributed by atoms with Crippen molar-refractivity contribution in [2.45, 2.75) is 31.8 Å². The molecule has 0 aliphatic carbocycles. The maximum atomic E-state index is 10.7. The third kappa shape index (κ3) is 1.41. The average molecular weight is 190 g/mol. The minimum absolute atomic E-state index is 0.0282. The van der Waals surface area contributed by atoms with Crippen LogP contribution in [0, 0.1) is 0 Å². The van der Waals surface area contributed by atoms with E-state index in [1.165, 1.54) is 5.56 Å². The second-order valence-electron chi connectivity index (χ2n) is 4.38. The van der Waals surface area contributed by atoms with Crippen LogP contribution in [-0.2, 0) is 10.2 Å². The van der Waals surface area contributed by atoms with Crippen molar-refractivity contribution in [3.05, 3.63) is 29.8 Å². The topological polar surface area (TPSA) is 26.3 Å². The molecule has 0 spiro atoms. The summed E-state index contributed by atoms with van der Waals surface area (Å²) in [7, 11) is 0. The van der Waals surface area contributed by atoms with E-state index in [4.69, 9.17) is 4.74 Å². The van der Waals surface area contributed by atoms with Crippen LogP contribution in [-0.4, -0.2) is 12.4 Å². The standard InChI is InChI=1S/C12H14O2/c1-12(2)7-9(8-13)14-11-6-4-3-5-10(11)12/h3-6,8-9H,7H2,1-2H3. The molecule has 1 aliphatic rings. The van der Waals surface area contributed by atoms with Crippen molar-refractivity contribution >= 4 is 6.29 Å². The predicted octanol–water partition coefficient (Wildman–Crippen LogP) is 2.31. The Bertz CT molecular complexity index is 355. The lowest BCUT2D eigenvalue weighted by atomic mass is 9.78. The molecule has 0 fully saturated rings. The smallest absolute Gasteiger partial charge is 0.160 e. The second-order valence-corrected chi connectivity index (χ2v) is 4.38. The Morgan fingerprint density at radius 1 is 1.43 bits per heavy atom. The molecule has 0 radical (unpaired) electrons. The summed E-state index contributed by atoms with van der Waals surface area (Å²) in [6, 6.07) is 7.93. The fraction of sp³-hybridized carbons (Fsp3) is 0.417. The van der Waals surface area contributed by atoms with Crippen LogP contribution in [0.4, 0.5) is 0 Å². The molecular weight excluding hydrogens is 176 g/mol. The van der Waals surface area contributed by atoms with Crippen LogP contribution in [0.5, 0.6) is 5.75 Å². The maximum absolute atomic E-state index is 10.7. The average Bonchev–Trinajstić information content (AvgIpc) is 2.17. The Balaban J connectivity index is 2.46. The lowest BCUT2D eigenvalue weighted by Gasteiger charge is -2.35. The molecule has 0 N–H and O–H groups in total. The van der Waals surface area contributed by atoms with Crippen LogP contribution in [0.3, 0.4) is 0 Å². The van der Waals surface area contributed by atoms with E-state index in [1.54, 1.807) is 0 Å². The van der Waals surface area contributed by atoms with Gasteiger partial charge in [0.15, 0.2) is 12.4 Å². The second kappa shape index (κ2) is 3.12. The fourth-order valence-electron chi connectivity index (χ4n) is 2.02. The number of para-hydroxylation sites is 1. The molecule has 1 unspecified atom stereocenters. The first kappa shape index (κ1) is 9.25. The molecule has 1 heterocycles. The first-order valence-corrected chi connectivity index (χ1v) is 4.85. The number of aldehydes is 1. The lowest BCUT2D eigenvalue weighted by Crippen LogP contribution is -2.35. The summed E-state index contributed by atoms with van der Waals surface area (Å²) in [4.78, 5) is 10.7. The Morgan fingerprint density at radius 2 is 2.14 bits per heavy atom. The highest BCUT2D eigenvalue weighted by Gasteiger charge is 2.33. The first-order chi connectivity index (χ1) is 6.63. The van der Waals surface area contributed by atoms with Crippen LogP contribution in [0.15, 0.2) is 24.3 Å². The lowest BCUT2D eigenvalue weighted by molar-refractivity contribution is -0.115. The zero-order valence-electron chi connectivity index (χ0n) is 8.49. The van der Waals surface area contributed by atoms with Crippen LogP contribution in [0.2, 0.25) is 0 Å². The van der Waals surface area contributed by atoms with E-state index < -0.39 is 0 Å². The highest BCUT2D eigenvalue weighted by Crippen LogP contribution is 2.39. The van der Waals surface area contributed by atoms with Crippen LogP contribution >= 0.6 is 0 Å². The number of hydrogen-bond donors (Lipinski definition) is 0. The molecule has 1 aromatic carbocycles. The highest BCUT2D eigenvalue weighted by atomic mass is 16.5. The van der Waals surface area contributed by atoms with Gasteiger partial charge in [0.05, 0.1) is 0 Å². The van der Waals surface area contributed by atoms with Crippen molar-refractivity contribution in [1.82, 2.24) is 0 Å². The number of ether oxygens (including phenoxy) is 1. The van der Waals surface area contributed by atoms with Crippen molar-refractivity contribution in [2.24, 2.45) is 0 Å². The van der Waals surface area contributed by atoms with Gasteiger partial charge in [0.25, 0.3) is 0 Å². The van der Waals surface area contributed by atoms with Crippen molar-refractivity contribution in [3.63, 3.8) is 0 Å². The van der Waals surface area contributed by atoms with E-state index in [1.807, 2.05) is 18.2 Å². The van der Waals surface area contributed by atoms with Gasteiger partial charge >= 0.3 is 0 Å². The van der Waals surface area contributed by atoms with Gasteiger partial charge in [0, 0.05) is 6.42 Å². The molecule has 2 rings (SSSR count). The van der Waals surface area contributed by atoms with Gasteiger partial charge in [-0.25, -0.2) is 0 Å². The predicted molar refractivity (Wildman–Crippen MR) is 54.6 cm³/mol. The van der Waals surface area contributed by atoms with Crippen molar-refractivity contribution in [3.8, 4) is 5.75 Å². The molecule has 74 valence electrons. The fourth-order valence-corrected chi connectivity index (χ4v) is 2.02. The van der Waals surface area contributed by atoms with Gasteiger partial charge in [0.1, 0.15) is 5.75 Å². The van der Waals surface area contributed by atoms with E-state index in [9.17, 15) is 4.79 Å². The Hall–Kier alpha value is -1.31. The molecule has 1 aromatic rings. The zero-order chi connectivity index (χ0) is 10.2. The Morgan fingerprint density at radius 3 is 2.86 bits per heavy atom. The molecule has 1 atom stereocenters. The summed E-state index contributed by atoms with van der Waals surface area (Å²) >= 11 is 0. The Labute approximate surface area is 83.9 Å². The summed E-state index contributed by atoms with van der Waals surface area (Å²) in [6.45, 7) is 4.29.